The van der Waals surface area contributed by atoms with Gasteiger partial charge in [-0.05, 0) is 62.6 Å². The molecule has 0 spiro atoms. The fourth-order valence-corrected chi connectivity index (χ4v) is 2.16. The van der Waals surface area contributed by atoms with Crippen molar-refractivity contribution in [3.8, 4) is 5.75 Å². The van der Waals surface area contributed by atoms with E-state index in [9.17, 15) is 9.59 Å². The van der Waals surface area contributed by atoms with E-state index < -0.39 is 5.97 Å². The van der Waals surface area contributed by atoms with Gasteiger partial charge in [-0.15, -0.1) is 24.8 Å². The summed E-state index contributed by atoms with van der Waals surface area (Å²) in [7, 11) is 3.87. The number of nitrogens with two attached hydrogens (primary N) is 2. The molecule has 0 saturated carbocycles. The van der Waals surface area contributed by atoms with Crippen molar-refractivity contribution in [3.63, 3.8) is 0 Å². The van der Waals surface area contributed by atoms with Crippen molar-refractivity contribution >= 4 is 48.3 Å². The zero-order valence-electron chi connectivity index (χ0n) is 16.1. The van der Waals surface area contributed by atoms with E-state index in [1.165, 1.54) is 0 Å². The van der Waals surface area contributed by atoms with Crippen LogP contribution in [-0.4, -0.2) is 49.9 Å². The van der Waals surface area contributed by atoms with Crippen LogP contribution >= 0.6 is 24.8 Å². The van der Waals surface area contributed by atoms with Gasteiger partial charge in [-0.2, -0.15) is 0 Å². The Labute approximate surface area is 182 Å². The highest BCUT2D eigenvalue weighted by atomic mass is 35.5. The molecular formula is C19H25Cl2N5O3. The number of carbonyl (C=O) groups is 2. The highest BCUT2D eigenvalue weighted by molar-refractivity contribution is 5.95. The Bertz CT molecular complexity index is 821. The van der Waals surface area contributed by atoms with Gasteiger partial charge in [0, 0.05) is 18.7 Å². The van der Waals surface area contributed by atoms with E-state index in [4.69, 9.17) is 16.2 Å². The Morgan fingerprint density at radius 1 is 0.966 bits per heavy atom. The van der Waals surface area contributed by atoms with E-state index in [0.717, 1.165) is 6.54 Å². The highest BCUT2D eigenvalue weighted by Gasteiger charge is 2.10. The monoisotopic (exact) mass is 441 g/mol. The minimum Gasteiger partial charge on any atom is -0.423 e. The van der Waals surface area contributed by atoms with Crippen molar-refractivity contribution in [2.75, 3.05) is 27.2 Å². The second kappa shape index (κ2) is 12.6. The third-order valence-corrected chi connectivity index (χ3v) is 3.53. The third-order valence-electron chi connectivity index (χ3n) is 3.53. The number of likely N-dealkylation sites (N-methyl/N-ethyl adjacent to an activating group) is 1. The van der Waals surface area contributed by atoms with Gasteiger partial charge in [-0.1, -0.05) is 0 Å². The summed E-state index contributed by atoms with van der Waals surface area (Å²) < 4.78 is 5.31. The maximum Gasteiger partial charge on any atom is 0.343 e. The van der Waals surface area contributed by atoms with E-state index in [-0.39, 0.29) is 36.7 Å². The Morgan fingerprint density at radius 3 is 2.03 bits per heavy atom. The smallest absolute Gasteiger partial charge is 0.343 e. The molecule has 0 fully saturated rings. The van der Waals surface area contributed by atoms with Crippen molar-refractivity contribution in [2.45, 2.75) is 0 Å². The zero-order chi connectivity index (χ0) is 19.8. The number of nitrogens with one attached hydrogen (secondary N) is 1. The molecule has 0 heterocycles. The fourth-order valence-electron chi connectivity index (χ4n) is 2.16. The van der Waals surface area contributed by atoms with Crippen LogP contribution in [0.15, 0.2) is 53.5 Å². The summed E-state index contributed by atoms with van der Waals surface area (Å²) in [4.78, 5) is 30.1. The number of hydrogen-bond donors (Lipinski definition) is 3. The molecule has 2 rings (SSSR count). The molecule has 0 unspecified atom stereocenters. The van der Waals surface area contributed by atoms with Crippen LogP contribution in [0.5, 0.6) is 5.75 Å². The lowest BCUT2D eigenvalue weighted by Crippen LogP contribution is -2.31. The lowest BCUT2D eigenvalue weighted by molar-refractivity contribution is 0.0734. The van der Waals surface area contributed by atoms with E-state index in [0.29, 0.717) is 29.1 Å². The Hall–Kier alpha value is -2.81. The summed E-state index contributed by atoms with van der Waals surface area (Å²) in [5, 5.41) is 2.82. The number of amides is 1. The molecule has 0 bridgehead atoms. The molecule has 1 amide bonds. The molecule has 29 heavy (non-hydrogen) atoms. The molecule has 0 atom stereocenters. The Kier molecular flexibility index (Phi) is 11.4. The standard InChI is InChI=1S/C19H23N5O3.2ClH/c1-24(2)12-11-22-17(25)13-5-9-16(10-6-13)27-18(26)14-3-7-15(8-4-14)23-19(20)21;;/h3-10H,11-12H2,1-2H3,(H,22,25)(H4,20,21,23);2*1H. The number of hydrogen-bond acceptors (Lipinski definition) is 5. The van der Waals surface area contributed by atoms with Crippen molar-refractivity contribution < 1.29 is 14.3 Å². The van der Waals surface area contributed by atoms with Crippen LogP contribution in [0.25, 0.3) is 0 Å². The van der Waals surface area contributed by atoms with Crippen molar-refractivity contribution in [3.05, 3.63) is 59.7 Å². The third kappa shape index (κ3) is 8.82. The van der Waals surface area contributed by atoms with Crippen LogP contribution in [0.4, 0.5) is 5.69 Å². The minimum atomic E-state index is -0.519. The lowest BCUT2D eigenvalue weighted by atomic mass is 10.2. The summed E-state index contributed by atoms with van der Waals surface area (Å²) in [6, 6.07) is 12.7. The number of halogens is 2. The van der Waals surface area contributed by atoms with Gasteiger partial charge < -0.3 is 26.4 Å². The van der Waals surface area contributed by atoms with Gasteiger partial charge in [0.1, 0.15) is 5.75 Å². The van der Waals surface area contributed by atoms with Gasteiger partial charge in [-0.3, -0.25) is 4.79 Å². The summed E-state index contributed by atoms with van der Waals surface area (Å²) in [6.45, 7) is 1.31. The lowest BCUT2D eigenvalue weighted by Gasteiger charge is -2.10. The fraction of sp³-hybridized carbons (Fsp3) is 0.211. The summed E-state index contributed by atoms with van der Waals surface area (Å²) in [5.74, 6) is -0.409. The summed E-state index contributed by atoms with van der Waals surface area (Å²) in [6.07, 6.45) is 0. The molecular weight excluding hydrogens is 417 g/mol. The zero-order valence-corrected chi connectivity index (χ0v) is 17.8. The number of rotatable bonds is 7. The number of guanidine groups is 1. The SMILES string of the molecule is CN(C)CCNC(=O)c1ccc(OC(=O)c2ccc(N=C(N)N)cc2)cc1.Cl.Cl. The molecule has 0 aliphatic rings. The second-order valence-electron chi connectivity index (χ2n) is 6.06. The molecule has 0 saturated heterocycles. The first-order valence-corrected chi connectivity index (χ1v) is 8.30. The quantitative estimate of drug-likeness (QED) is 0.261. The first-order valence-electron chi connectivity index (χ1n) is 8.30. The molecule has 0 aliphatic heterocycles. The van der Waals surface area contributed by atoms with Crippen LogP contribution in [0.2, 0.25) is 0 Å². The molecule has 0 aromatic heterocycles. The summed E-state index contributed by atoms with van der Waals surface area (Å²) >= 11 is 0. The van der Waals surface area contributed by atoms with E-state index in [2.05, 4.69) is 10.3 Å². The molecule has 8 nitrogen and oxygen atoms in total. The van der Waals surface area contributed by atoms with Crippen molar-refractivity contribution in [1.29, 1.82) is 0 Å². The summed E-state index contributed by atoms with van der Waals surface area (Å²) in [5.41, 5.74) is 12.0. The molecule has 0 aliphatic carbocycles. The van der Waals surface area contributed by atoms with E-state index >= 15 is 0 Å². The van der Waals surface area contributed by atoms with Gasteiger partial charge in [-0.25, -0.2) is 9.79 Å². The van der Waals surface area contributed by atoms with Crippen LogP contribution in [-0.2, 0) is 0 Å². The number of esters is 1. The number of nitrogens with zero attached hydrogens (tertiary/aromatic N) is 2. The molecule has 158 valence electrons. The van der Waals surface area contributed by atoms with Crippen LogP contribution in [0.3, 0.4) is 0 Å². The second-order valence-corrected chi connectivity index (χ2v) is 6.06. The van der Waals surface area contributed by atoms with Crippen LogP contribution in [0, 0.1) is 0 Å². The number of benzene rings is 2. The van der Waals surface area contributed by atoms with Crippen LogP contribution in [0.1, 0.15) is 20.7 Å². The number of aliphatic imine (C=N–C) groups is 1. The molecule has 2 aromatic carbocycles. The van der Waals surface area contributed by atoms with Crippen LogP contribution < -0.4 is 21.5 Å². The molecule has 0 radical (unpaired) electrons. The molecule has 5 N–H and O–H groups in total. The predicted molar refractivity (Wildman–Crippen MR) is 119 cm³/mol. The topological polar surface area (TPSA) is 123 Å². The van der Waals surface area contributed by atoms with Crippen molar-refractivity contribution in [2.24, 2.45) is 16.5 Å². The molecule has 10 heteroatoms. The minimum absolute atomic E-state index is 0. The predicted octanol–water partition coefficient (Wildman–Crippen LogP) is 1.95. The van der Waals surface area contributed by atoms with Gasteiger partial charge in [0.05, 0.1) is 11.3 Å². The van der Waals surface area contributed by atoms with Crippen molar-refractivity contribution in [1.82, 2.24) is 10.2 Å². The number of carbonyl (C=O) groups excluding carboxylic acids is 2. The normalized spacial score (nSPS) is 9.62. The largest absolute Gasteiger partial charge is 0.423 e. The van der Waals surface area contributed by atoms with Gasteiger partial charge in [0.2, 0.25) is 0 Å². The molecule has 2 aromatic rings. The number of ether oxygens (including phenoxy) is 1. The Balaban J connectivity index is 0.00000392. The first-order chi connectivity index (χ1) is 12.8. The highest BCUT2D eigenvalue weighted by Crippen LogP contribution is 2.17. The first kappa shape index (κ1) is 26.2. The Morgan fingerprint density at radius 2 is 1.52 bits per heavy atom. The van der Waals surface area contributed by atoms with E-state index in [1.54, 1.807) is 48.5 Å². The maximum atomic E-state index is 12.2. The maximum absolute atomic E-state index is 12.2. The average Bonchev–Trinajstić information content (AvgIpc) is 2.62. The van der Waals surface area contributed by atoms with E-state index in [1.807, 2.05) is 19.0 Å². The van der Waals surface area contributed by atoms with Gasteiger partial charge >= 0.3 is 5.97 Å². The van der Waals surface area contributed by atoms with Gasteiger partial charge in [0.15, 0.2) is 5.96 Å². The van der Waals surface area contributed by atoms with Gasteiger partial charge in [0.25, 0.3) is 5.91 Å². The average molecular weight is 442 g/mol.